The van der Waals surface area contributed by atoms with Crippen molar-refractivity contribution in [1.82, 2.24) is 0 Å². The molecule has 94 valence electrons. The fourth-order valence-electron chi connectivity index (χ4n) is 3.44. The summed E-state index contributed by atoms with van der Waals surface area (Å²) in [6.45, 7) is 2.10. The van der Waals surface area contributed by atoms with Crippen molar-refractivity contribution in [2.75, 3.05) is 6.61 Å². The number of rotatable bonds is 2. The maximum atomic E-state index is 12.6. The first-order chi connectivity index (χ1) is 8.71. The minimum absolute atomic E-state index is 0.0494. The van der Waals surface area contributed by atoms with E-state index in [2.05, 4.69) is 0 Å². The van der Waals surface area contributed by atoms with Crippen LogP contribution in [0.2, 0.25) is 0 Å². The number of ether oxygens (including phenoxy) is 1. The number of fused-ring (bicyclic) bond motifs is 5. The van der Waals surface area contributed by atoms with Crippen LogP contribution in [0, 0.1) is 0 Å². The van der Waals surface area contributed by atoms with Gasteiger partial charge in [0, 0.05) is 5.92 Å². The van der Waals surface area contributed by atoms with E-state index in [1.807, 2.05) is 24.3 Å². The van der Waals surface area contributed by atoms with E-state index >= 15 is 0 Å². The molecule has 0 heterocycles. The molecule has 0 amide bonds. The van der Waals surface area contributed by atoms with Gasteiger partial charge in [0.25, 0.3) is 0 Å². The molecule has 0 saturated heterocycles. The molecule has 0 aromatic heterocycles. The van der Waals surface area contributed by atoms with Gasteiger partial charge < -0.3 is 4.74 Å². The van der Waals surface area contributed by atoms with Crippen LogP contribution >= 0.6 is 0 Å². The van der Waals surface area contributed by atoms with Crippen LogP contribution in [0.25, 0.3) is 0 Å². The molecule has 2 atom stereocenters. The number of esters is 1. The van der Waals surface area contributed by atoms with Crippen LogP contribution < -0.4 is 0 Å². The van der Waals surface area contributed by atoms with Gasteiger partial charge in [0.05, 0.1) is 6.61 Å². The first-order valence-electron chi connectivity index (χ1n) is 6.52. The van der Waals surface area contributed by atoms with Crippen LogP contribution in [0.3, 0.4) is 0 Å². The summed E-state index contributed by atoms with van der Waals surface area (Å²) >= 11 is 0. The number of ketones is 1. The third-order valence-electron chi connectivity index (χ3n) is 4.20. The largest absolute Gasteiger partial charge is 0.465 e. The van der Waals surface area contributed by atoms with E-state index in [0.29, 0.717) is 13.0 Å². The van der Waals surface area contributed by atoms with Crippen molar-refractivity contribution >= 4 is 11.8 Å². The van der Waals surface area contributed by atoms with Gasteiger partial charge in [-0.15, -0.1) is 0 Å². The summed E-state index contributed by atoms with van der Waals surface area (Å²) in [5.41, 5.74) is 0.916. The second-order valence-corrected chi connectivity index (χ2v) is 5.02. The van der Waals surface area contributed by atoms with Gasteiger partial charge in [-0.25, -0.2) is 0 Å². The molecule has 3 heteroatoms. The molecule has 1 aromatic rings. The Morgan fingerprint density at radius 1 is 1.44 bits per heavy atom. The summed E-state index contributed by atoms with van der Waals surface area (Å²) in [4.78, 5) is 24.9. The minimum Gasteiger partial charge on any atom is -0.465 e. The second kappa shape index (κ2) is 3.94. The van der Waals surface area contributed by atoms with Crippen molar-refractivity contribution in [3.05, 3.63) is 35.4 Å². The van der Waals surface area contributed by atoms with E-state index in [1.165, 1.54) is 0 Å². The molecule has 2 bridgehead atoms. The molecular formula is C15H16O3. The molecule has 3 rings (SSSR count). The monoisotopic (exact) mass is 244 g/mol. The lowest BCUT2D eigenvalue weighted by Gasteiger charge is -2.29. The highest BCUT2D eigenvalue weighted by Gasteiger charge is 2.59. The Morgan fingerprint density at radius 2 is 2.22 bits per heavy atom. The summed E-state index contributed by atoms with van der Waals surface area (Å²) in [6.07, 6.45) is 2.36. The molecule has 0 spiro atoms. The fraction of sp³-hybridized carbons (Fsp3) is 0.467. The maximum absolute atomic E-state index is 12.6. The highest BCUT2D eigenvalue weighted by Crippen LogP contribution is 2.52. The highest BCUT2D eigenvalue weighted by atomic mass is 16.5. The standard InChI is InChI=1S/C15H16O3/c1-2-18-14(17)15-9-5-7-11(13(15)16)10-6-3-4-8-12(10)15/h3-4,6,8,11H,2,5,7,9H2,1H3. The van der Waals surface area contributed by atoms with E-state index in [9.17, 15) is 9.59 Å². The van der Waals surface area contributed by atoms with E-state index in [0.717, 1.165) is 24.0 Å². The SMILES string of the molecule is CCOC(=O)C12CCCC(C1=O)c1ccccc12. The molecule has 18 heavy (non-hydrogen) atoms. The Labute approximate surface area is 106 Å². The van der Waals surface area contributed by atoms with E-state index < -0.39 is 5.41 Å². The summed E-state index contributed by atoms with van der Waals surface area (Å²) in [7, 11) is 0. The molecule has 1 fully saturated rings. The van der Waals surface area contributed by atoms with E-state index in [4.69, 9.17) is 4.74 Å². The van der Waals surface area contributed by atoms with Gasteiger partial charge in [0.2, 0.25) is 0 Å². The van der Waals surface area contributed by atoms with Gasteiger partial charge in [0.15, 0.2) is 11.2 Å². The van der Waals surface area contributed by atoms with Gasteiger partial charge >= 0.3 is 5.97 Å². The van der Waals surface area contributed by atoms with Gasteiger partial charge in [-0.2, -0.15) is 0 Å². The van der Waals surface area contributed by atoms with Crippen molar-refractivity contribution in [3.63, 3.8) is 0 Å². The lowest BCUT2D eigenvalue weighted by molar-refractivity contribution is -0.155. The third-order valence-corrected chi connectivity index (χ3v) is 4.20. The molecule has 0 aliphatic heterocycles. The van der Waals surface area contributed by atoms with Gasteiger partial charge in [0.1, 0.15) is 0 Å². The second-order valence-electron chi connectivity index (χ2n) is 5.02. The Bertz CT molecular complexity index is 520. The third kappa shape index (κ3) is 1.25. The molecule has 1 saturated carbocycles. The maximum Gasteiger partial charge on any atom is 0.324 e. The Kier molecular flexibility index (Phi) is 2.51. The fourth-order valence-corrected chi connectivity index (χ4v) is 3.44. The molecule has 2 aliphatic carbocycles. The van der Waals surface area contributed by atoms with Gasteiger partial charge in [-0.3, -0.25) is 9.59 Å². The average Bonchev–Trinajstić information content (AvgIpc) is 2.54. The van der Waals surface area contributed by atoms with Gasteiger partial charge in [-0.05, 0) is 30.9 Å². The molecule has 0 N–H and O–H groups in total. The van der Waals surface area contributed by atoms with Crippen LogP contribution in [-0.4, -0.2) is 18.4 Å². The summed E-state index contributed by atoms with van der Waals surface area (Å²) < 4.78 is 5.17. The quantitative estimate of drug-likeness (QED) is 0.592. The Morgan fingerprint density at radius 3 is 3.00 bits per heavy atom. The minimum atomic E-state index is -1.00. The van der Waals surface area contributed by atoms with Crippen LogP contribution in [-0.2, 0) is 19.7 Å². The predicted octanol–water partition coefficient (Wildman–Crippen LogP) is 2.34. The van der Waals surface area contributed by atoms with Crippen LogP contribution in [0.4, 0.5) is 0 Å². The predicted molar refractivity (Wildman–Crippen MR) is 66.4 cm³/mol. The first-order valence-corrected chi connectivity index (χ1v) is 6.52. The lowest BCUT2D eigenvalue weighted by atomic mass is 9.72. The average molecular weight is 244 g/mol. The highest BCUT2D eigenvalue weighted by molar-refractivity contribution is 6.16. The molecule has 3 nitrogen and oxygen atoms in total. The smallest absolute Gasteiger partial charge is 0.324 e. The number of benzene rings is 1. The van der Waals surface area contributed by atoms with Crippen molar-refractivity contribution in [1.29, 1.82) is 0 Å². The van der Waals surface area contributed by atoms with Crippen molar-refractivity contribution < 1.29 is 14.3 Å². The van der Waals surface area contributed by atoms with E-state index in [-0.39, 0.29) is 17.7 Å². The normalized spacial score (nSPS) is 28.9. The van der Waals surface area contributed by atoms with Crippen molar-refractivity contribution in [2.45, 2.75) is 37.5 Å². The Hall–Kier alpha value is -1.64. The first kappa shape index (κ1) is 11.5. The number of hydrogen-bond donors (Lipinski definition) is 0. The molecule has 2 aliphatic rings. The molecular weight excluding hydrogens is 228 g/mol. The zero-order valence-corrected chi connectivity index (χ0v) is 10.4. The molecule has 1 aromatic carbocycles. The summed E-state index contributed by atoms with van der Waals surface area (Å²) in [5, 5.41) is 0. The van der Waals surface area contributed by atoms with Crippen molar-refractivity contribution in [3.8, 4) is 0 Å². The zero-order chi connectivity index (χ0) is 12.8. The van der Waals surface area contributed by atoms with Crippen molar-refractivity contribution in [2.24, 2.45) is 0 Å². The molecule has 0 radical (unpaired) electrons. The molecule has 2 unspecified atom stereocenters. The van der Waals surface area contributed by atoms with Crippen LogP contribution in [0.15, 0.2) is 24.3 Å². The number of carbonyl (C=O) groups excluding carboxylic acids is 2. The number of carbonyl (C=O) groups is 2. The number of Topliss-reactive ketones (excluding diaryl/α,β-unsaturated/α-hetero) is 1. The topological polar surface area (TPSA) is 43.4 Å². The Balaban J connectivity index is 2.18. The summed E-state index contributed by atoms with van der Waals surface area (Å²) in [5.74, 6) is -0.405. The van der Waals surface area contributed by atoms with Crippen LogP contribution in [0.5, 0.6) is 0 Å². The van der Waals surface area contributed by atoms with Crippen LogP contribution in [0.1, 0.15) is 43.2 Å². The lowest BCUT2D eigenvalue weighted by Crippen LogP contribution is -2.45. The van der Waals surface area contributed by atoms with Gasteiger partial charge in [-0.1, -0.05) is 30.7 Å². The summed E-state index contributed by atoms with van der Waals surface area (Å²) in [6, 6.07) is 7.72. The number of hydrogen-bond acceptors (Lipinski definition) is 3. The van der Waals surface area contributed by atoms with E-state index in [1.54, 1.807) is 6.92 Å². The zero-order valence-electron chi connectivity index (χ0n) is 10.4.